The fourth-order valence-electron chi connectivity index (χ4n) is 3.01. The third-order valence-electron chi connectivity index (χ3n) is 4.51. The summed E-state index contributed by atoms with van der Waals surface area (Å²) in [5.41, 5.74) is 3.01. The minimum absolute atomic E-state index is 0.0263. The van der Waals surface area contributed by atoms with Gasteiger partial charge in [0.25, 0.3) is 0 Å². The molecule has 0 saturated heterocycles. The van der Waals surface area contributed by atoms with Crippen LogP contribution in [0.2, 0.25) is 0 Å². The predicted molar refractivity (Wildman–Crippen MR) is 112 cm³/mol. The Morgan fingerprint density at radius 3 is 2.63 bits per heavy atom. The van der Waals surface area contributed by atoms with Crippen LogP contribution in [0.5, 0.6) is 11.5 Å². The molecule has 1 amide bonds. The normalized spacial score (nSPS) is 10.6. The first-order valence-electron chi connectivity index (χ1n) is 9.24. The number of carbonyl (C=O) groups excluding carboxylic acids is 1. The molecule has 2 aromatic heterocycles. The third-order valence-corrected chi connectivity index (χ3v) is 4.51. The summed E-state index contributed by atoms with van der Waals surface area (Å²) in [6.45, 7) is 0. The summed E-state index contributed by atoms with van der Waals surface area (Å²) >= 11 is 0. The number of ether oxygens (including phenoxy) is 1. The molecule has 2 N–H and O–H groups in total. The summed E-state index contributed by atoms with van der Waals surface area (Å²) in [4.78, 5) is 20.4. The van der Waals surface area contributed by atoms with Crippen LogP contribution in [0.3, 0.4) is 0 Å². The first kappa shape index (κ1) is 19.2. The van der Waals surface area contributed by atoms with Crippen molar-refractivity contribution in [1.82, 2.24) is 9.97 Å². The number of oxazole rings is 1. The first-order chi connectivity index (χ1) is 14.6. The fourth-order valence-corrected chi connectivity index (χ4v) is 3.01. The maximum atomic E-state index is 12.2. The number of benzene rings is 2. The smallest absolute Gasteiger partial charge is 0.231 e. The fraction of sp³-hybridized carbons (Fsp3) is 0.0870. The van der Waals surface area contributed by atoms with E-state index in [2.05, 4.69) is 15.3 Å². The maximum Gasteiger partial charge on any atom is 0.231 e. The highest BCUT2D eigenvalue weighted by Gasteiger charge is 2.14. The lowest BCUT2D eigenvalue weighted by molar-refractivity contribution is -0.115. The highest BCUT2D eigenvalue weighted by molar-refractivity contribution is 5.91. The number of rotatable bonds is 6. The van der Waals surface area contributed by atoms with Crippen molar-refractivity contribution in [2.45, 2.75) is 6.42 Å². The zero-order valence-corrected chi connectivity index (χ0v) is 16.2. The van der Waals surface area contributed by atoms with Crippen molar-refractivity contribution in [3.8, 4) is 34.1 Å². The molecule has 0 fully saturated rings. The van der Waals surface area contributed by atoms with Gasteiger partial charge in [0.15, 0.2) is 5.82 Å². The minimum Gasteiger partial charge on any atom is -0.507 e. The van der Waals surface area contributed by atoms with Gasteiger partial charge in [-0.1, -0.05) is 24.3 Å². The number of phenolic OH excluding ortho intramolecular Hbond substituents is 1. The number of nitrogens with zero attached hydrogens (tertiary/aromatic N) is 2. The van der Waals surface area contributed by atoms with Gasteiger partial charge in [0.05, 0.1) is 19.1 Å². The van der Waals surface area contributed by atoms with Gasteiger partial charge in [-0.3, -0.25) is 9.78 Å². The number of phenols is 1. The molecule has 0 spiro atoms. The standard InChI is InChI=1S/C23H19N3O4/c1-29-18-7-4-16(5-8-18)17-6-9-19(20(27)12-17)23-26-21(14-30-23)25-22(28)11-15-3-2-10-24-13-15/h2-10,12-14,27H,11H2,1H3,(H,25,28). The zero-order valence-electron chi connectivity index (χ0n) is 16.2. The summed E-state index contributed by atoms with van der Waals surface area (Å²) < 4.78 is 10.6. The summed E-state index contributed by atoms with van der Waals surface area (Å²) in [6.07, 6.45) is 4.80. The van der Waals surface area contributed by atoms with E-state index in [9.17, 15) is 9.90 Å². The van der Waals surface area contributed by atoms with Gasteiger partial charge < -0.3 is 19.6 Å². The Hall–Kier alpha value is -4.13. The molecule has 0 bridgehead atoms. The van der Waals surface area contributed by atoms with Crippen LogP contribution in [0.25, 0.3) is 22.6 Å². The molecule has 150 valence electrons. The molecule has 0 aliphatic carbocycles. The Morgan fingerprint density at radius 2 is 1.93 bits per heavy atom. The number of methoxy groups -OCH3 is 1. The molecule has 0 radical (unpaired) electrons. The number of amides is 1. The number of pyridine rings is 1. The molecule has 0 saturated carbocycles. The van der Waals surface area contributed by atoms with Gasteiger partial charge in [-0.2, -0.15) is 4.98 Å². The van der Waals surface area contributed by atoms with Gasteiger partial charge in [-0.05, 0) is 47.0 Å². The summed E-state index contributed by atoms with van der Waals surface area (Å²) in [5.74, 6) is 1.04. The van der Waals surface area contributed by atoms with Crippen LogP contribution in [0.4, 0.5) is 5.82 Å². The van der Waals surface area contributed by atoms with E-state index in [-0.39, 0.29) is 29.8 Å². The monoisotopic (exact) mass is 401 g/mol. The second-order valence-corrected chi connectivity index (χ2v) is 6.58. The Balaban J connectivity index is 1.48. The van der Waals surface area contributed by atoms with Crippen molar-refractivity contribution < 1.29 is 19.1 Å². The predicted octanol–water partition coefficient (Wildman–Crippen LogP) is 4.30. The van der Waals surface area contributed by atoms with Crippen LogP contribution < -0.4 is 10.1 Å². The maximum absolute atomic E-state index is 12.2. The topological polar surface area (TPSA) is 97.5 Å². The number of aromatic nitrogens is 2. The van der Waals surface area contributed by atoms with Gasteiger partial charge in [0, 0.05) is 12.4 Å². The van der Waals surface area contributed by atoms with Gasteiger partial charge in [-0.15, -0.1) is 0 Å². The largest absolute Gasteiger partial charge is 0.507 e. The number of aromatic hydroxyl groups is 1. The van der Waals surface area contributed by atoms with Gasteiger partial charge >= 0.3 is 0 Å². The molecule has 30 heavy (non-hydrogen) atoms. The van der Waals surface area contributed by atoms with E-state index in [0.29, 0.717) is 5.56 Å². The Morgan fingerprint density at radius 1 is 1.13 bits per heavy atom. The highest BCUT2D eigenvalue weighted by Crippen LogP contribution is 2.34. The van der Waals surface area contributed by atoms with E-state index in [4.69, 9.17) is 9.15 Å². The first-order valence-corrected chi connectivity index (χ1v) is 9.24. The Bertz CT molecular complexity index is 1150. The number of anilines is 1. The van der Waals surface area contributed by atoms with Crippen LogP contribution in [0.15, 0.2) is 77.7 Å². The van der Waals surface area contributed by atoms with Crippen molar-refractivity contribution in [2.24, 2.45) is 0 Å². The Labute approximate surface area is 173 Å². The summed E-state index contributed by atoms with van der Waals surface area (Å²) in [6, 6.07) is 16.4. The molecule has 7 heteroatoms. The molecular weight excluding hydrogens is 382 g/mol. The van der Waals surface area contributed by atoms with Gasteiger partial charge in [0.2, 0.25) is 11.8 Å². The van der Waals surface area contributed by atoms with Crippen molar-refractivity contribution in [3.63, 3.8) is 0 Å². The van der Waals surface area contributed by atoms with E-state index < -0.39 is 0 Å². The van der Waals surface area contributed by atoms with Crippen molar-refractivity contribution >= 4 is 11.7 Å². The van der Waals surface area contributed by atoms with Crippen molar-refractivity contribution in [3.05, 3.63) is 78.8 Å². The number of nitrogens with one attached hydrogen (secondary N) is 1. The third kappa shape index (κ3) is 4.30. The van der Waals surface area contributed by atoms with Crippen LogP contribution in [-0.2, 0) is 11.2 Å². The molecule has 0 aliphatic heterocycles. The molecule has 4 rings (SSSR count). The lowest BCUT2D eigenvalue weighted by Crippen LogP contribution is -2.14. The van der Waals surface area contributed by atoms with E-state index in [1.807, 2.05) is 36.4 Å². The number of carbonyl (C=O) groups is 1. The average molecular weight is 401 g/mol. The Kier molecular flexibility index (Phi) is 5.43. The van der Waals surface area contributed by atoms with Crippen molar-refractivity contribution in [2.75, 3.05) is 12.4 Å². The lowest BCUT2D eigenvalue weighted by Gasteiger charge is -2.06. The number of hydrogen-bond donors (Lipinski definition) is 2. The van der Waals surface area contributed by atoms with Gasteiger partial charge in [-0.25, -0.2) is 0 Å². The molecule has 2 heterocycles. The minimum atomic E-state index is -0.234. The summed E-state index contributed by atoms with van der Waals surface area (Å²) in [7, 11) is 1.61. The highest BCUT2D eigenvalue weighted by atomic mass is 16.5. The zero-order chi connectivity index (χ0) is 20.9. The van der Waals surface area contributed by atoms with Crippen molar-refractivity contribution in [1.29, 1.82) is 0 Å². The summed E-state index contributed by atoms with van der Waals surface area (Å²) in [5, 5.41) is 13.2. The average Bonchev–Trinajstić information content (AvgIpc) is 3.22. The SMILES string of the molecule is COc1ccc(-c2ccc(-c3nc(NC(=O)Cc4cccnc4)co3)c(O)c2)cc1. The van der Waals surface area contributed by atoms with E-state index in [1.165, 1.54) is 6.26 Å². The molecule has 0 aliphatic rings. The number of hydrogen-bond acceptors (Lipinski definition) is 6. The van der Waals surface area contributed by atoms with Gasteiger partial charge in [0.1, 0.15) is 17.8 Å². The molecule has 2 aromatic carbocycles. The van der Waals surface area contributed by atoms with Crippen LogP contribution in [0.1, 0.15) is 5.56 Å². The molecule has 7 nitrogen and oxygen atoms in total. The van der Waals surface area contributed by atoms with E-state index in [0.717, 1.165) is 22.4 Å². The van der Waals surface area contributed by atoms with Crippen LogP contribution in [0, 0.1) is 0 Å². The molecule has 4 aromatic rings. The molecule has 0 unspecified atom stereocenters. The van der Waals surface area contributed by atoms with Crippen LogP contribution in [-0.4, -0.2) is 28.1 Å². The molecule has 0 atom stereocenters. The van der Waals surface area contributed by atoms with E-state index in [1.54, 1.807) is 37.7 Å². The second-order valence-electron chi connectivity index (χ2n) is 6.58. The molecular formula is C23H19N3O4. The van der Waals surface area contributed by atoms with E-state index >= 15 is 0 Å². The van der Waals surface area contributed by atoms with Crippen LogP contribution >= 0.6 is 0 Å². The lowest BCUT2D eigenvalue weighted by atomic mass is 10.0. The second kappa shape index (κ2) is 8.48. The quantitative estimate of drug-likeness (QED) is 0.500.